The third-order valence-corrected chi connectivity index (χ3v) is 46.4. The minimum Gasteiger partial charge on any atom is -0.310 e. The zero-order chi connectivity index (χ0) is 95.9. The minimum atomic E-state index is -1.80. The van der Waals surface area contributed by atoms with Crippen LogP contribution >= 0.6 is 0 Å². The molecule has 0 aromatic heterocycles. The molecule has 16 aromatic carbocycles. The summed E-state index contributed by atoms with van der Waals surface area (Å²) in [5, 5.41) is 21.3. The van der Waals surface area contributed by atoms with Crippen LogP contribution in [0.5, 0.6) is 0 Å². The first-order valence-corrected chi connectivity index (χ1v) is 77.1. The Bertz CT molecular complexity index is 6130. The van der Waals surface area contributed by atoms with Crippen LogP contribution in [0.4, 0.5) is 68.2 Å². The summed E-state index contributed by atoms with van der Waals surface area (Å²) < 4.78 is 0. The molecule has 2 aliphatic rings. The van der Waals surface area contributed by atoms with Gasteiger partial charge in [-0.15, -0.1) is 0 Å². The van der Waals surface area contributed by atoms with Crippen molar-refractivity contribution >= 4 is 217 Å². The fourth-order valence-electron chi connectivity index (χ4n) is 22.9. The number of hydrogen-bond donors (Lipinski definition) is 0. The molecule has 0 saturated heterocycles. The highest BCUT2D eigenvalue weighted by Crippen LogP contribution is 2.78. The van der Waals surface area contributed by atoms with Gasteiger partial charge in [0.05, 0.1) is 87.3 Å². The van der Waals surface area contributed by atoms with Crippen LogP contribution in [-0.4, -0.2) is 64.6 Å². The van der Waals surface area contributed by atoms with Crippen LogP contribution in [0.15, 0.2) is 315 Å². The predicted octanol–water partition coefficient (Wildman–Crippen LogP) is 31.9. The van der Waals surface area contributed by atoms with Crippen LogP contribution in [0.3, 0.4) is 0 Å². The van der Waals surface area contributed by atoms with Crippen LogP contribution in [-0.2, 0) is 10.8 Å². The molecule has 16 aromatic rings. The zero-order valence-corrected chi connectivity index (χ0v) is 93.8. The van der Waals surface area contributed by atoms with E-state index in [2.05, 4.69) is 534 Å². The van der Waals surface area contributed by atoms with Crippen LogP contribution in [0.1, 0.15) is 63.8 Å². The molecule has 18 rings (SSSR count). The third kappa shape index (κ3) is 16.0. The molecule has 0 unspecified atom stereocenters. The van der Waals surface area contributed by atoms with Gasteiger partial charge in [0, 0.05) is 77.9 Å². The Hall–Kier alpha value is -10.5. The Labute approximate surface area is 810 Å². The van der Waals surface area contributed by atoms with Gasteiger partial charge >= 0.3 is 0 Å². The molecule has 0 heterocycles. The predicted molar refractivity (Wildman–Crippen MR) is 617 cm³/mol. The lowest BCUT2D eigenvalue weighted by atomic mass is 9.39. The highest BCUT2D eigenvalue weighted by atomic mass is 28.3. The molecular formula is C122H142N4Si8. The molecular weight excluding hydrogens is 1750 g/mol. The van der Waals surface area contributed by atoms with Crippen molar-refractivity contribution in [3.63, 3.8) is 0 Å². The highest BCUT2D eigenvalue weighted by Gasteiger charge is 2.72. The summed E-state index contributed by atoms with van der Waals surface area (Å²) in [7, 11) is -14.4. The molecule has 0 spiro atoms. The average Bonchev–Trinajstić information content (AvgIpc) is 1.45. The van der Waals surface area contributed by atoms with Gasteiger partial charge in [-0.3, -0.25) is 0 Å². The van der Waals surface area contributed by atoms with E-state index in [0.29, 0.717) is 0 Å². The van der Waals surface area contributed by atoms with Gasteiger partial charge in [0.2, 0.25) is 0 Å². The van der Waals surface area contributed by atoms with Gasteiger partial charge in [-0.2, -0.15) is 0 Å². The molecule has 0 amide bonds. The lowest BCUT2D eigenvalue weighted by Crippen LogP contribution is -2.62. The first kappa shape index (κ1) is 93.9. The summed E-state index contributed by atoms with van der Waals surface area (Å²) in [6, 6.07) is 129. The van der Waals surface area contributed by atoms with Gasteiger partial charge in [0.25, 0.3) is 0 Å². The van der Waals surface area contributed by atoms with Crippen molar-refractivity contribution in [2.75, 3.05) is 19.6 Å². The summed E-state index contributed by atoms with van der Waals surface area (Å²) in [5.74, 6) is 0. The molecule has 0 aliphatic heterocycles. The van der Waals surface area contributed by atoms with Crippen LogP contribution in [0.25, 0.3) is 65.3 Å². The highest BCUT2D eigenvalue weighted by molar-refractivity contribution is 6.92. The number of anilines is 12. The molecule has 0 fully saturated rings. The molecule has 0 atom stereocenters. The second kappa shape index (κ2) is 33.2. The zero-order valence-electron chi connectivity index (χ0n) is 85.8. The minimum absolute atomic E-state index is 0.708. The lowest BCUT2D eigenvalue weighted by molar-refractivity contribution is 0.0596. The Balaban J connectivity index is 1.11. The van der Waals surface area contributed by atoms with Crippen LogP contribution in [0, 0.1) is 10.8 Å². The number of hydrogen-bond acceptors (Lipinski definition) is 4. The van der Waals surface area contributed by atoms with Crippen molar-refractivity contribution in [1.29, 1.82) is 0 Å². The first-order chi connectivity index (χ1) is 62.8. The maximum atomic E-state index is 2.81. The van der Waals surface area contributed by atoms with E-state index in [4.69, 9.17) is 0 Å². The van der Waals surface area contributed by atoms with E-state index in [0.717, 1.165) is 68.2 Å². The third-order valence-electron chi connectivity index (χ3n) is 29.9. The van der Waals surface area contributed by atoms with Crippen molar-refractivity contribution in [3.8, 4) is 22.3 Å². The van der Waals surface area contributed by atoms with Gasteiger partial charge in [-0.1, -0.05) is 434 Å². The van der Waals surface area contributed by atoms with E-state index in [1.807, 2.05) is 0 Å². The summed E-state index contributed by atoms with van der Waals surface area (Å²) in [5.41, 5.74) is 20.6. The number of nitrogens with zero attached hydrogens (tertiary/aromatic N) is 4. The summed E-state index contributed by atoms with van der Waals surface area (Å²) >= 11 is 0. The van der Waals surface area contributed by atoms with E-state index in [1.165, 1.54) is 129 Å². The molecule has 0 bridgehead atoms. The van der Waals surface area contributed by atoms with Crippen molar-refractivity contribution in [3.05, 3.63) is 338 Å². The van der Waals surface area contributed by atoms with E-state index < -0.39 is 86.3 Å². The van der Waals surface area contributed by atoms with E-state index in [-0.39, 0.29) is 0 Å². The molecule has 682 valence electrons. The first-order valence-electron chi connectivity index (χ1n) is 49.1. The van der Waals surface area contributed by atoms with Crippen molar-refractivity contribution < 1.29 is 0 Å². The molecule has 0 radical (unpaired) electrons. The molecule has 2 aliphatic carbocycles. The largest absolute Gasteiger partial charge is 0.310 e. The molecule has 4 nitrogen and oxygen atoms in total. The van der Waals surface area contributed by atoms with Gasteiger partial charge in [-0.05, 0) is 198 Å². The van der Waals surface area contributed by atoms with Gasteiger partial charge < -0.3 is 19.6 Å². The van der Waals surface area contributed by atoms with Crippen molar-refractivity contribution in [1.82, 2.24) is 0 Å². The Kier molecular flexibility index (Phi) is 23.2. The molecule has 12 heteroatoms. The van der Waals surface area contributed by atoms with E-state index in [1.54, 1.807) is 0 Å². The fraction of sp³-hybridized carbons (Fsp3) is 0.279. The summed E-state index contributed by atoms with van der Waals surface area (Å²) in [6.45, 7) is 75.7. The Morgan fingerprint density at radius 2 is 0.284 bits per heavy atom. The van der Waals surface area contributed by atoms with Gasteiger partial charge in [0.1, 0.15) is 0 Å². The molecule has 0 saturated carbocycles. The maximum absolute atomic E-state index is 2.81. The number of benzene rings is 16. The van der Waals surface area contributed by atoms with Crippen LogP contribution in [0.2, 0.25) is 157 Å². The number of fused-ring (bicyclic) bond motifs is 14. The quantitative estimate of drug-likeness (QED) is 0.0665. The summed E-state index contributed by atoms with van der Waals surface area (Å²) in [4.78, 5) is 10.7. The van der Waals surface area contributed by atoms with Gasteiger partial charge in [-0.25, -0.2) is 0 Å². The fourth-order valence-corrected chi connectivity index (χ4v) is 32.2. The second-order valence-corrected chi connectivity index (χ2v) is 89.8. The van der Waals surface area contributed by atoms with E-state index >= 15 is 0 Å². The molecule has 134 heavy (non-hydrogen) atoms. The van der Waals surface area contributed by atoms with E-state index in [9.17, 15) is 0 Å². The maximum Gasteiger partial charge on any atom is 0.0775 e. The summed E-state index contributed by atoms with van der Waals surface area (Å²) in [6.07, 6.45) is 0. The van der Waals surface area contributed by atoms with Gasteiger partial charge in [0.15, 0.2) is 0 Å². The van der Waals surface area contributed by atoms with Crippen molar-refractivity contribution in [2.24, 2.45) is 10.8 Å². The SMILES string of the molecule is CC(C)(C)C1(C2(C(C)(C)C)c3cc(N(c4ccc([Si](C)(C)C)cc4)c4ccc([Si](C)(C)C)cc4)c4ccccc4c3-c3c2cc(N(c2ccc([Si](C)(C)C)cc2)c2ccc([Si](C)(C)C)cc2)c2ccccc32)c2cc(N(c3ccc([Si](C)(C)C)cc3)c3ccc([Si](C)(C)C)cc3)c3ccccc3c2-c2c1cc(N(c1ccc([Si](C)(C)C)cc1)c1ccc([Si](C)(C)C)cc1)c1ccccc21. The van der Waals surface area contributed by atoms with Crippen molar-refractivity contribution in [2.45, 2.75) is 210 Å². The topological polar surface area (TPSA) is 13.0 Å². The standard InChI is InChI=1S/C122H142N4Si8/c1-119(2,3)121(107-79-111(123(83-47-63-91(64-48-83)127(7,8)9)84-49-65-92(66-50-84)128(10,11)12)99-39-31-35-43-103(99)115(107)116-104-44-36-32-40-100(104)112(80-108(116)121)124(85-51-67-93(68-52-85)129(13,14)15)86-53-69-94(70-54-86)130(16,17)18)122(120(4,5)6)109-81-113(125(87-55-71-95(72-56-87)131(19,20)21)88-57-73-96(74-58-88)132(22,23)24)101-41-33-37-45-105(101)117(109)118-106-46-38-34-42-102(106)114(82-110(118)122)126(89-59-75-97(76-60-89)133(25,26)27)90-61-77-98(78-62-90)134(28,29)30/h31-82H,1-30H3. The second-order valence-electron chi connectivity index (χ2n) is 49.2. The lowest BCUT2D eigenvalue weighted by Gasteiger charge is -2.62. The Morgan fingerprint density at radius 3 is 0.396 bits per heavy atom. The number of rotatable bonds is 21. The normalized spacial score (nSPS) is 14.2. The van der Waals surface area contributed by atoms with Crippen LogP contribution < -0.4 is 61.1 Å². The monoisotopic (exact) mass is 1890 g/mol. The molecule has 0 N–H and O–H groups in total. The average molecular weight is 1890 g/mol. The Morgan fingerprint density at radius 1 is 0.164 bits per heavy atom. The smallest absolute Gasteiger partial charge is 0.0775 e.